The molecule has 1 aliphatic carbocycles. The van der Waals surface area contributed by atoms with E-state index >= 15 is 0 Å². The van der Waals surface area contributed by atoms with Gasteiger partial charge in [-0.1, -0.05) is 35.9 Å². The number of hydrogen-bond acceptors (Lipinski definition) is 2. The van der Waals surface area contributed by atoms with Gasteiger partial charge in [-0.15, -0.1) is 6.58 Å². The van der Waals surface area contributed by atoms with Crippen LogP contribution in [0.5, 0.6) is 0 Å². The molecule has 0 aromatic heterocycles. The van der Waals surface area contributed by atoms with Gasteiger partial charge in [0.05, 0.1) is 5.92 Å². The average Bonchev–Trinajstić information content (AvgIpc) is 2.65. The number of allylic oxidation sites excluding steroid dienone is 1. The number of carbonyl (C=O) groups excluding carboxylic acids is 1. The smallest absolute Gasteiger partial charge is 0.153 e. The molecular weight excluding hydrogens is 210 g/mol. The number of aryl methyl sites for hydroxylation is 1. The van der Waals surface area contributed by atoms with Crippen LogP contribution in [-0.2, 0) is 4.79 Å². The summed E-state index contributed by atoms with van der Waals surface area (Å²) in [6, 6.07) is 8.11. The Bertz CT molecular complexity index is 487. The fourth-order valence-corrected chi connectivity index (χ4v) is 2.45. The van der Waals surface area contributed by atoms with Crippen molar-refractivity contribution < 1.29 is 4.79 Å². The number of Topliss-reactive ketones (excluding diaryl/α,β-unsaturated/α-hetero) is 1. The quantitative estimate of drug-likeness (QED) is 0.714. The third-order valence-electron chi connectivity index (χ3n) is 3.36. The van der Waals surface area contributed by atoms with Gasteiger partial charge in [-0.3, -0.25) is 9.79 Å². The van der Waals surface area contributed by atoms with E-state index in [1.807, 2.05) is 25.1 Å². The number of hydrogen-bond donors (Lipinski definition) is 0. The van der Waals surface area contributed by atoms with Gasteiger partial charge in [-0.25, -0.2) is 0 Å². The second-order valence-electron chi connectivity index (χ2n) is 4.51. The minimum Gasteiger partial charge on any atom is -0.298 e. The van der Waals surface area contributed by atoms with Gasteiger partial charge < -0.3 is 0 Å². The molecule has 2 rings (SSSR count). The predicted octanol–water partition coefficient (Wildman–Crippen LogP) is 2.92. The van der Waals surface area contributed by atoms with E-state index < -0.39 is 0 Å². The van der Waals surface area contributed by atoms with Crippen LogP contribution in [0, 0.1) is 12.8 Å². The van der Waals surface area contributed by atoms with Crippen molar-refractivity contribution in [2.45, 2.75) is 19.3 Å². The Morgan fingerprint density at radius 2 is 2.24 bits per heavy atom. The highest BCUT2D eigenvalue weighted by atomic mass is 16.1. The molecule has 0 heterocycles. The van der Waals surface area contributed by atoms with Crippen molar-refractivity contribution in [2.75, 3.05) is 7.05 Å². The molecule has 2 nitrogen and oxygen atoms in total. The zero-order chi connectivity index (χ0) is 12.4. The third kappa shape index (κ3) is 2.07. The summed E-state index contributed by atoms with van der Waals surface area (Å²) in [5.41, 5.74) is 3.21. The normalized spacial score (nSPS) is 26.5. The lowest BCUT2D eigenvalue weighted by Gasteiger charge is -2.11. The molecule has 88 valence electrons. The molecule has 2 atom stereocenters. The Labute approximate surface area is 102 Å². The fourth-order valence-electron chi connectivity index (χ4n) is 2.45. The zero-order valence-corrected chi connectivity index (χ0v) is 10.3. The second kappa shape index (κ2) is 4.66. The van der Waals surface area contributed by atoms with E-state index in [9.17, 15) is 4.79 Å². The van der Waals surface area contributed by atoms with Gasteiger partial charge in [0.25, 0.3) is 0 Å². The molecule has 1 fully saturated rings. The van der Waals surface area contributed by atoms with Crippen LogP contribution in [0.1, 0.15) is 23.5 Å². The minimum absolute atomic E-state index is 0.0702. The number of aliphatic imine (C=N–C) groups is 1. The Morgan fingerprint density at radius 1 is 1.47 bits per heavy atom. The lowest BCUT2D eigenvalue weighted by Crippen LogP contribution is -2.14. The summed E-state index contributed by atoms with van der Waals surface area (Å²) in [6.45, 7) is 5.77. The van der Waals surface area contributed by atoms with Gasteiger partial charge in [0, 0.05) is 18.7 Å². The van der Waals surface area contributed by atoms with Crippen LogP contribution in [0.3, 0.4) is 0 Å². The van der Waals surface area contributed by atoms with Crippen LogP contribution >= 0.6 is 0 Å². The highest BCUT2D eigenvalue weighted by Crippen LogP contribution is 2.33. The molecule has 17 heavy (non-hydrogen) atoms. The highest BCUT2D eigenvalue weighted by molar-refractivity contribution is 6.17. The maximum atomic E-state index is 12.3. The Balaban J connectivity index is 2.43. The molecule has 0 spiro atoms. The molecule has 0 saturated heterocycles. The Kier molecular flexibility index (Phi) is 3.23. The lowest BCUT2D eigenvalue weighted by atomic mass is 9.93. The van der Waals surface area contributed by atoms with Crippen molar-refractivity contribution in [2.24, 2.45) is 10.9 Å². The standard InChI is InChI=1S/C15H17NO/c1-4-11-9-13(16-3)14(15(11)17)12-7-5-6-10(2)8-12/h4-8,11,14H,1,9H2,2-3H3. The van der Waals surface area contributed by atoms with Crippen molar-refractivity contribution in [3.8, 4) is 0 Å². The van der Waals surface area contributed by atoms with E-state index in [0.717, 1.165) is 17.7 Å². The van der Waals surface area contributed by atoms with Gasteiger partial charge in [0.1, 0.15) is 0 Å². The third-order valence-corrected chi connectivity index (χ3v) is 3.36. The molecular formula is C15H17NO. The molecule has 0 aliphatic heterocycles. The van der Waals surface area contributed by atoms with Gasteiger partial charge in [-0.2, -0.15) is 0 Å². The van der Waals surface area contributed by atoms with E-state index in [4.69, 9.17) is 0 Å². The Hall–Kier alpha value is -1.70. The van der Waals surface area contributed by atoms with Crippen molar-refractivity contribution in [1.29, 1.82) is 0 Å². The summed E-state index contributed by atoms with van der Waals surface area (Å²) in [5.74, 6) is -0.00619. The first-order chi connectivity index (χ1) is 8.17. The van der Waals surface area contributed by atoms with Crippen LogP contribution < -0.4 is 0 Å². The largest absolute Gasteiger partial charge is 0.298 e. The molecule has 2 heteroatoms. The topological polar surface area (TPSA) is 29.4 Å². The van der Waals surface area contributed by atoms with Crippen LogP contribution in [0.2, 0.25) is 0 Å². The molecule has 0 bridgehead atoms. The van der Waals surface area contributed by atoms with Crippen LogP contribution in [0.4, 0.5) is 0 Å². The van der Waals surface area contributed by atoms with Crippen LogP contribution in [-0.4, -0.2) is 18.5 Å². The SMILES string of the molecule is C=CC1CC(=NC)C(c2cccc(C)c2)C1=O. The molecule has 0 radical (unpaired) electrons. The summed E-state index contributed by atoms with van der Waals surface area (Å²) in [6.07, 6.45) is 2.46. The Morgan fingerprint density at radius 3 is 2.82 bits per heavy atom. The van der Waals surface area contributed by atoms with Crippen molar-refractivity contribution in [1.82, 2.24) is 0 Å². The first-order valence-electron chi connectivity index (χ1n) is 5.85. The van der Waals surface area contributed by atoms with Crippen molar-refractivity contribution in [3.63, 3.8) is 0 Å². The van der Waals surface area contributed by atoms with Crippen molar-refractivity contribution in [3.05, 3.63) is 48.0 Å². The summed E-state index contributed by atoms with van der Waals surface area (Å²) in [5, 5.41) is 0. The van der Waals surface area contributed by atoms with Crippen LogP contribution in [0.25, 0.3) is 0 Å². The molecule has 0 amide bonds. The average molecular weight is 227 g/mol. The molecule has 1 aliphatic rings. The van der Waals surface area contributed by atoms with E-state index in [0.29, 0.717) is 0 Å². The first kappa shape index (κ1) is 11.8. The van der Waals surface area contributed by atoms with E-state index in [1.54, 1.807) is 13.1 Å². The maximum Gasteiger partial charge on any atom is 0.153 e. The maximum absolute atomic E-state index is 12.3. The van der Waals surface area contributed by atoms with Gasteiger partial charge in [-0.05, 0) is 18.9 Å². The predicted molar refractivity (Wildman–Crippen MR) is 70.6 cm³/mol. The zero-order valence-electron chi connectivity index (χ0n) is 10.3. The van der Waals surface area contributed by atoms with E-state index in [1.165, 1.54) is 5.56 Å². The number of nitrogens with zero attached hydrogens (tertiary/aromatic N) is 1. The van der Waals surface area contributed by atoms with Gasteiger partial charge in [0.2, 0.25) is 0 Å². The van der Waals surface area contributed by atoms with Crippen LogP contribution in [0.15, 0.2) is 41.9 Å². The van der Waals surface area contributed by atoms with E-state index in [2.05, 4.69) is 17.6 Å². The second-order valence-corrected chi connectivity index (χ2v) is 4.51. The molecule has 1 aromatic carbocycles. The molecule has 2 unspecified atom stereocenters. The highest BCUT2D eigenvalue weighted by Gasteiger charge is 2.38. The molecule has 0 N–H and O–H groups in total. The number of rotatable bonds is 2. The summed E-state index contributed by atoms with van der Waals surface area (Å²) < 4.78 is 0. The van der Waals surface area contributed by atoms with Gasteiger partial charge in [0.15, 0.2) is 5.78 Å². The number of carbonyl (C=O) groups is 1. The fraction of sp³-hybridized carbons (Fsp3) is 0.333. The molecule has 1 aromatic rings. The summed E-state index contributed by atoms with van der Waals surface area (Å²) in [4.78, 5) is 16.5. The number of benzene rings is 1. The van der Waals surface area contributed by atoms with Gasteiger partial charge >= 0.3 is 0 Å². The van der Waals surface area contributed by atoms with Crippen molar-refractivity contribution >= 4 is 11.5 Å². The minimum atomic E-state index is -0.164. The summed E-state index contributed by atoms with van der Waals surface area (Å²) in [7, 11) is 1.76. The first-order valence-corrected chi connectivity index (χ1v) is 5.85. The lowest BCUT2D eigenvalue weighted by molar-refractivity contribution is -0.120. The monoisotopic (exact) mass is 227 g/mol. The molecule has 1 saturated carbocycles. The summed E-state index contributed by atoms with van der Waals surface area (Å²) >= 11 is 0. The number of ketones is 1. The van der Waals surface area contributed by atoms with E-state index in [-0.39, 0.29) is 17.6 Å².